The number of hydrogen-bond acceptors (Lipinski definition) is 5. The van der Waals surface area contributed by atoms with Crippen molar-refractivity contribution in [1.29, 1.82) is 0 Å². The molecule has 0 amide bonds. The van der Waals surface area contributed by atoms with Gasteiger partial charge in [0, 0.05) is 12.1 Å². The molecule has 2 aromatic carbocycles. The van der Waals surface area contributed by atoms with Gasteiger partial charge in [0.2, 0.25) is 0 Å². The van der Waals surface area contributed by atoms with E-state index in [1.165, 1.54) is 17.1 Å². The van der Waals surface area contributed by atoms with Gasteiger partial charge in [-0.3, -0.25) is 4.99 Å². The van der Waals surface area contributed by atoms with Crippen LogP contribution in [0.1, 0.15) is 12.5 Å². The SMILES string of the molecule is CCOC(=O)C1=C(c2ccc3ccccc3c2)N2CCN=C2S1. The van der Waals surface area contributed by atoms with E-state index in [4.69, 9.17) is 4.74 Å². The van der Waals surface area contributed by atoms with Crippen molar-refractivity contribution in [3.63, 3.8) is 0 Å². The van der Waals surface area contributed by atoms with Gasteiger partial charge in [-0.25, -0.2) is 4.79 Å². The molecular formula is C18H16N2O2S. The minimum Gasteiger partial charge on any atom is -0.462 e. The summed E-state index contributed by atoms with van der Waals surface area (Å²) < 4.78 is 5.23. The number of thioether (sulfide) groups is 1. The van der Waals surface area contributed by atoms with Gasteiger partial charge in [0.1, 0.15) is 4.91 Å². The average Bonchev–Trinajstić information content (AvgIpc) is 3.15. The second-order valence-electron chi connectivity index (χ2n) is 5.38. The van der Waals surface area contributed by atoms with E-state index >= 15 is 0 Å². The number of carbonyl (C=O) groups excluding carboxylic acids is 1. The average molecular weight is 324 g/mol. The monoisotopic (exact) mass is 324 g/mol. The number of carbonyl (C=O) groups is 1. The maximum Gasteiger partial charge on any atom is 0.347 e. The quantitative estimate of drug-likeness (QED) is 0.811. The first-order valence-electron chi connectivity index (χ1n) is 7.68. The number of rotatable bonds is 3. The topological polar surface area (TPSA) is 41.9 Å². The third-order valence-corrected chi connectivity index (χ3v) is 5.06. The normalized spacial score (nSPS) is 16.7. The standard InChI is InChI=1S/C18H16N2O2S/c1-2-22-17(21)16-15(20-10-9-19-18(20)23-16)14-8-7-12-5-3-4-6-13(12)11-14/h3-8,11H,2,9-10H2,1H3. The minimum absolute atomic E-state index is 0.266. The predicted octanol–water partition coefficient (Wildman–Crippen LogP) is 3.49. The van der Waals surface area contributed by atoms with Gasteiger partial charge < -0.3 is 9.64 Å². The number of ether oxygens (including phenoxy) is 1. The third kappa shape index (κ3) is 2.41. The van der Waals surface area contributed by atoms with Crippen molar-refractivity contribution >= 4 is 39.4 Å². The summed E-state index contributed by atoms with van der Waals surface area (Å²) in [5.41, 5.74) is 1.96. The van der Waals surface area contributed by atoms with E-state index in [1.54, 1.807) is 0 Å². The molecule has 5 heteroatoms. The molecule has 0 fully saturated rings. The molecule has 0 atom stereocenters. The first kappa shape index (κ1) is 14.3. The highest BCUT2D eigenvalue weighted by molar-refractivity contribution is 8.18. The Morgan fingerprint density at radius 3 is 2.91 bits per heavy atom. The summed E-state index contributed by atoms with van der Waals surface area (Å²) in [4.78, 5) is 19.6. The van der Waals surface area contributed by atoms with Crippen molar-refractivity contribution in [3.8, 4) is 0 Å². The summed E-state index contributed by atoms with van der Waals surface area (Å²) in [7, 11) is 0. The van der Waals surface area contributed by atoms with Gasteiger partial charge >= 0.3 is 5.97 Å². The lowest BCUT2D eigenvalue weighted by Crippen LogP contribution is -2.20. The molecule has 23 heavy (non-hydrogen) atoms. The van der Waals surface area contributed by atoms with Crippen LogP contribution < -0.4 is 0 Å². The molecule has 0 unspecified atom stereocenters. The van der Waals surface area contributed by atoms with Gasteiger partial charge in [-0.15, -0.1) is 0 Å². The Balaban J connectivity index is 1.84. The molecule has 0 saturated heterocycles. The fourth-order valence-corrected chi connectivity index (χ4v) is 4.04. The zero-order chi connectivity index (χ0) is 15.8. The zero-order valence-electron chi connectivity index (χ0n) is 12.8. The Morgan fingerprint density at radius 1 is 1.26 bits per heavy atom. The van der Waals surface area contributed by atoms with E-state index < -0.39 is 0 Å². The van der Waals surface area contributed by atoms with Gasteiger partial charge in [0.15, 0.2) is 5.17 Å². The van der Waals surface area contributed by atoms with E-state index in [-0.39, 0.29) is 5.97 Å². The van der Waals surface area contributed by atoms with Crippen molar-refractivity contribution in [2.75, 3.05) is 19.7 Å². The fourth-order valence-electron chi connectivity index (χ4n) is 2.94. The number of hydrogen-bond donors (Lipinski definition) is 0. The first-order chi connectivity index (χ1) is 11.3. The molecule has 0 aliphatic carbocycles. The second kappa shape index (κ2) is 5.74. The molecule has 0 N–H and O–H groups in total. The molecular weight excluding hydrogens is 308 g/mol. The van der Waals surface area contributed by atoms with E-state index in [0.717, 1.165) is 34.9 Å². The number of fused-ring (bicyclic) bond motifs is 2. The second-order valence-corrected chi connectivity index (χ2v) is 6.36. The van der Waals surface area contributed by atoms with Crippen molar-refractivity contribution in [3.05, 3.63) is 52.9 Å². The van der Waals surface area contributed by atoms with Crippen LogP contribution in [0.3, 0.4) is 0 Å². The number of benzene rings is 2. The highest BCUT2D eigenvalue weighted by atomic mass is 32.2. The molecule has 2 aliphatic rings. The van der Waals surface area contributed by atoms with Crippen LogP contribution in [-0.2, 0) is 9.53 Å². The Hall–Kier alpha value is -2.27. The molecule has 2 heterocycles. The van der Waals surface area contributed by atoms with Crippen LogP contribution in [-0.4, -0.2) is 35.7 Å². The van der Waals surface area contributed by atoms with Crippen LogP contribution in [0.4, 0.5) is 0 Å². The maximum atomic E-state index is 12.3. The summed E-state index contributed by atoms with van der Waals surface area (Å²) in [5.74, 6) is -0.266. The van der Waals surface area contributed by atoms with Gasteiger partial charge in [0.25, 0.3) is 0 Å². The van der Waals surface area contributed by atoms with Gasteiger partial charge in [-0.05, 0) is 35.5 Å². The van der Waals surface area contributed by atoms with Crippen LogP contribution in [0.2, 0.25) is 0 Å². The summed E-state index contributed by atoms with van der Waals surface area (Å²) in [5, 5.41) is 3.25. The van der Waals surface area contributed by atoms with E-state index in [1.807, 2.05) is 19.1 Å². The Labute approximate surface area is 138 Å². The number of esters is 1. The molecule has 0 radical (unpaired) electrons. The van der Waals surface area contributed by atoms with E-state index in [0.29, 0.717) is 11.5 Å². The van der Waals surface area contributed by atoms with Crippen LogP contribution >= 0.6 is 11.8 Å². The molecule has 0 saturated carbocycles. The number of amidine groups is 1. The Morgan fingerprint density at radius 2 is 2.09 bits per heavy atom. The van der Waals surface area contributed by atoms with E-state index in [9.17, 15) is 4.79 Å². The predicted molar refractivity (Wildman–Crippen MR) is 94.1 cm³/mol. The molecule has 0 spiro atoms. The van der Waals surface area contributed by atoms with Crippen molar-refractivity contribution < 1.29 is 9.53 Å². The lowest BCUT2D eigenvalue weighted by Gasteiger charge is -2.17. The summed E-state index contributed by atoms with van der Waals surface area (Å²) in [6.45, 7) is 3.79. The fraction of sp³-hybridized carbons (Fsp3) is 0.222. The van der Waals surface area contributed by atoms with Crippen LogP contribution in [0.5, 0.6) is 0 Å². The summed E-state index contributed by atoms with van der Waals surface area (Å²) in [6.07, 6.45) is 0. The van der Waals surface area contributed by atoms with Crippen LogP contribution in [0, 0.1) is 0 Å². The lowest BCUT2D eigenvalue weighted by molar-refractivity contribution is -0.137. The highest BCUT2D eigenvalue weighted by Crippen LogP contribution is 2.42. The third-order valence-electron chi connectivity index (χ3n) is 3.96. The van der Waals surface area contributed by atoms with Gasteiger partial charge in [0.05, 0.1) is 18.8 Å². The summed E-state index contributed by atoms with van der Waals surface area (Å²) >= 11 is 1.42. The largest absolute Gasteiger partial charge is 0.462 e. The molecule has 2 aromatic rings. The van der Waals surface area contributed by atoms with E-state index in [2.05, 4.69) is 40.2 Å². The van der Waals surface area contributed by atoms with Gasteiger partial charge in [-0.1, -0.05) is 36.4 Å². The highest BCUT2D eigenvalue weighted by Gasteiger charge is 2.36. The number of nitrogens with zero attached hydrogens (tertiary/aromatic N) is 2. The van der Waals surface area contributed by atoms with Gasteiger partial charge in [-0.2, -0.15) is 0 Å². The van der Waals surface area contributed by atoms with Crippen molar-refractivity contribution in [2.24, 2.45) is 4.99 Å². The minimum atomic E-state index is -0.266. The molecule has 4 nitrogen and oxygen atoms in total. The molecule has 116 valence electrons. The number of aliphatic imine (C=N–C) groups is 1. The maximum absolute atomic E-state index is 12.3. The Kier molecular flexibility index (Phi) is 3.58. The molecule has 0 bridgehead atoms. The Bertz CT molecular complexity index is 857. The first-order valence-corrected chi connectivity index (χ1v) is 8.50. The van der Waals surface area contributed by atoms with Crippen LogP contribution in [0.15, 0.2) is 52.4 Å². The van der Waals surface area contributed by atoms with Crippen molar-refractivity contribution in [1.82, 2.24) is 4.90 Å². The van der Waals surface area contributed by atoms with Crippen LogP contribution in [0.25, 0.3) is 16.5 Å². The summed E-state index contributed by atoms with van der Waals surface area (Å²) in [6, 6.07) is 14.5. The van der Waals surface area contributed by atoms with Crippen molar-refractivity contribution in [2.45, 2.75) is 6.92 Å². The lowest BCUT2D eigenvalue weighted by atomic mass is 10.0. The smallest absolute Gasteiger partial charge is 0.347 e. The molecule has 0 aromatic heterocycles. The molecule has 2 aliphatic heterocycles. The zero-order valence-corrected chi connectivity index (χ0v) is 13.6. The molecule has 4 rings (SSSR count).